The highest BCUT2D eigenvalue weighted by molar-refractivity contribution is 9.10. The van der Waals surface area contributed by atoms with Crippen molar-refractivity contribution >= 4 is 49.6 Å². The first kappa shape index (κ1) is 20.7. The number of phenolic OH excluding ortho intramolecular Hbond substituents is 1. The molecule has 1 aliphatic carbocycles. The fraction of sp³-hybridized carbons (Fsp3) is 0.333. The summed E-state index contributed by atoms with van der Waals surface area (Å²) < 4.78 is 2.13. The number of halogens is 1. The molecule has 2 N–H and O–H groups in total. The molecule has 3 aromatic rings. The van der Waals surface area contributed by atoms with Crippen LogP contribution < -0.4 is 11.0 Å². The fourth-order valence-corrected chi connectivity index (χ4v) is 5.35. The highest BCUT2D eigenvalue weighted by atomic mass is 79.9. The second-order valence-electron chi connectivity index (χ2n) is 7.60. The number of amides is 1. The second kappa shape index (κ2) is 8.31. The van der Waals surface area contributed by atoms with Gasteiger partial charge in [-0.2, -0.15) is 5.10 Å². The van der Waals surface area contributed by atoms with Gasteiger partial charge in [0.15, 0.2) is 0 Å². The van der Waals surface area contributed by atoms with Crippen LogP contribution in [0.2, 0.25) is 0 Å². The third-order valence-corrected chi connectivity index (χ3v) is 7.06. The van der Waals surface area contributed by atoms with Gasteiger partial charge in [0.05, 0.1) is 17.9 Å². The van der Waals surface area contributed by atoms with Gasteiger partial charge in [-0.3, -0.25) is 14.2 Å². The molecule has 0 aliphatic heterocycles. The first-order valence-corrected chi connectivity index (χ1v) is 11.3. The number of nitrogens with one attached hydrogen (secondary N) is 1. The van der Waals surface area contributed by atoms with Gasteiger partial charge < -0.3 is 5.11 Å². The third kappa shape index (κ3) is 3.91. The summed E-state index contributed by atoms with van der Waals surface area (Å²) in [7, 11) is 0. The van der Waals surface area contributed by atoms with Gasteiger partial charge in [0.2, 0.25) is 0 Å². The van der Waals surface area contributed by atoms with Crippen molar-refractivity contribution in [2.75, 3.05) is 0 Å². The van der Waals surface area contributed by atoms with Crippen molar-refractivity contribution in [2.45, 2.75) is 39.2 Å². The van der Waals surface area contributed by atoms with Crippen LogP contribution >= 0.6 is 27.3 Å². The number of hydrogen-bond donors (Lipinski definition) is 2. The first-order chi connectivity index (χ1) is 14.3. The molecule has 2 heterocycles. The lowest BCUT2D eigenvalue weighted by Crippen LogP contribution is -2.34. The van der Waals surface area contributed by atoms with E-state index in [2.05, 4.69) is 38.4 Å². The Balaban J connectivity index is 1.57. The number of nitrogens with zero attached hydrogens (tertiary/aromatic N) is 3. The SMILES string of the molecule is C[C@@H]1CCc2c(sc3ncn([C@H](C)C(=O)N/N=C/c4cc(Br)ccc4O)c(=O)c23)C1. The Bertz CT molecular complexity index is 1220. The number of carbonyl (C=O) groups is 1. The summed E-state index contributed by atoms with van der Waals surface area (Å²) in [4.78, 5) is 32.1. The van der Waals surface area contributed by atoms with Gasteiger partial charge in [0.1, 0.15) is 16.6 Å². The van der Waals surface area contributed by atoms with Crippen LogP contribution in [0.1, 0.15) is 42.3 Å². The maximum Gasteiger partial charge on any atom is 0.263 e. The molecule has 0 fully saturated rings. The van der Waals surface area contributed by atoms with Crippen LogP contribution in [0.5, 0.6) is 5.75 Å². The molecule has 9 heteroatoms. The molecule has 1 aliphatic rings. The molecule has 30 heavy (non-hydrogen) atoms. The van der Waals surface area contributed by atoms with Gasteiger partial charge in [0, 0.05) is 14.9 Å². The van der Waals surface area contributed by atoms with Crippen molar-refractivity contribution in [3.05, 3.63) is 55.4 Å². The van der Waals surface area contributed by atoms with E-state index in [1.54, 1.807) is 30.4 Å². The molecule has 1 amide bonds. The largest absolute Gasteiger partial charge is 0.507 e. The van der Waals surface area contributed by atoms with Gasteiger partial charge in [-0.1, -0.05) is 22.9 Å². The molecule has 0 unspecified atom stereocenters. The lowest BCUT2D eigenvalue weighted by molar-refractivity contribution is -0.123. The molecule has 156 valence electrons. The number of aromatic hydroxyl groups is 1. The Labute approximate surface area is 185 Å². The van der Waals surface area contributed by atoms with E-state index in [0.717, 1.165) is 34.1 Å². The molecule has 4 rings (SSSR count). The summed E-state index contributed by atoms with van der Waals surface area (Å²) >= 11 is 4.90. The fourth-order valence-electron chi connectivity index (χ4n) is 3.63. The van der Waals surface area contributed by atoms with Gasteiger partial charge in [-0.05, 0) is 55.9 Å². The predicted molar refractivity (Wildman–Crippen MR) is 121 cm³/mol. The van der Waals surface area contributed by atoms with Crippen LogP contribution in [-0.2, 0) is 17.6 Å². The molecule has 7 nitrogen and oxygen atoms in total. The lowest BCUT2D eigenvalue weighted by Gasteiger charge is -2.18. The summed E-state index contributed by atoms with van der Waals surface area (Å²) in [6, 6.07) is 4.13. The molecule has 0 bridgehead atoms. The Hall–Kier alpha value is -2.52. The molecule has 0 saturated heterocycles. The number of aryl methyl sites for hydroxylation is 1. The minimum atomic E-state index is -0.777. The highest BCUT2D eigenvalue weighted by Gasteiger charge is 2.25. The summed E-state index contributed by atoms with van der Waals surface area (Å²) in [6.45, 7) is 3.86. The lowest BCUT2D eigenvalue weighted by atomic mass is 9.89. The average molecular weight is 489 g/mol. The summed E-state index contributed by atoms with van der Waals surface area (Å²) in [5, 5.41) is 14.4. The normalized spacial score (nSPS) is 17.2. The molecule has 2 atom stereocenters. The van der Waals surface area contributed by atoms with Crippen LogP contribution in [0.4, 0.5) is 0 Å². The smallest absolute Gasteiger partial charge is 0.263 e. The highest BCUT2D eigenvalue weighted by Crippen LogP contribution is 2.35. The Morgan fingerprint density at radius 3 is 3.10 bits per heavy atom. The van der Waals surface area contributed by atoms with Crippen molar-refractivity contribution in [3.8, 4) is 5.75 Å². The summed E-state index contributed by atoms with van der Waals surface area (Å²) in [5.74, 6) is 0.216. The van der Waals surface area contributed by atoms with Crippen molar-refractivity contribution in [1.82, 2.24) is 15.0 Å². The molecule has 1 aromatic carbocycles. The van der Waals surface area contributed by atoms with E-state index in [4.69, 9.17) is 0 Å². The van der Waals surface area contributed by atoms with Crippen LogP contribution in [-0.4, -0.2) is 26.8 Å². The Kier molecular flexibility index (Phi) is 5.75. The topological polar surface area (TPSA) is 96.6 Å². The van der Waals surface area contributed by atoms with E-state index in [1.807, 2.05) is 0 Å². The molecule has 0 radical (unpaired) electrons. The second-order valence-corrected chi connectivity index (χ2v) is 9.60. The summed E-state index contributed by atoms with van der Waals surface area (Å²) in [5.41, 5.74) is 3.79. The van der Waals surface area contributed by atoms with E-state index in [0.29, 0.717) is 16.9 Å². The quantitative estimate of drug-likeness (QED) is 0.431. The summed E-state index contributed by atoms with van der Waals surface area (Å²) in [6.07, 6.45) is 5.69. The van der Waals surface area contributed by atoms with Crippen LogP contribution in [0.25, 0.3) is 10.2 Å². The van der Waals surface area contributed by atoms with Crippen molar-refractivity contribution < 1.29 is 9.90 Å². The number of benzene rings is 1. The number of phenols is 1. The first-order valence-electron chi connectivity index (χ1n) is 9.68. The Morgan fingerprint density at radius 1 is 1.50 bits per heavy atom. The van der Waals surface area contributed by atoms with Gasteiger partial charge >= 0.3 is 0 Å². The average Bonchev–Trinajstić information content (AvgIpc) is 3.08. The number of hydrazone groups is 1. The van der Waals surface area contributed by atoms with Gasteiger partial charge in [0.25, 0.3) is 11.5 Å². The van der Waals surface area contributed by atoms with Crippen LogP contribution in [0.15, 0.2) is 38.9 Å². The number of rotatable bonds is 4. The van der Waals surface area contributed by atoms with Crippen molar-refractivity contribution in [1.29, 1.82) is 0 Å². The molecule has 0 spiro atoms. The predicted octanol–water partition coefficient (Wildman–Crippen LogP) is 3.76. The molecular formula is C21H21BrN4O3S. The number of carbonyl (C=O) groups excluding carboxylic acids is 1. The van der Waals surface area contributed by atoms with Crippen molar-refractivity contribution in [3.63, 3.8) is 0 Å². The molecule has 2 aromatic heterocycles. The maximum absolute atomic E-state index is 13.1. The van der Waals surface area contributed by atoms with Gasteiger partial charge in [-0.15, -0.1) is 11.3 Å². The third-order valence-electron chi connectivity index (χ3n) is 5.41. The number of aromatic nitrogens is 2. The van der Waals surface area contributed by atoms with E-state index in [-0.39, 0.29) is 11.3 Å². The monoisotopic (exact) mass is 488 g/mol. The maximum atomic E-state index is 13.1. The standard InChI is InChI=1S/C21H21BrN4O3S/c1-11-3-5-15-17(7-11)30-20-18(15)21(29)26(10-23-20)12(2)19(28)25-24-9-13-8-14(22)4-6-16(13)27/h4,6,8-12,27H,3,5,7H2,1-2H3,(H,25,28)/b24-9+/t11-,12-/m1/s1. The number of thiophene rings is 1. The Morgan fingerprint density at radius 2 is 2.30 bits per heavy atom. The molecule has 0 saturated carbocycles. The number of fused-ring (bicyclic) bond motifs is 3. The van der Waals surface area contributed by atoms with Gasteiger partial charge in [-0.25, -0.2) is 10.4 Å². The zero-order valence-electron chi connectivity index (χ0n) is 16.6. The minimum absolute atomic E-state index is 0.0478. The molecular weight excluding hydrogens is 468 g/mol. The van der Waals surface area contributed by atoms with Crippen molar-refractivity contribution in [2.24, 2.45) is 11.0 Å². The van der Waals surface area contributed by atoms with E-state index >= 15 is 0 Å². The van der Waals surface area contributed by atoms with Crippen LogP contribution in [0.3, 0.4) is 0 Å². The minimum Gasteiger partial charge on any atom is -0.507 e. The number of hydrogen-bond acceptors (Lipinski definition) is 6. The zero-order chi connectivity index (χ0) is 21.4. The zero-order valence-corrected chi connectivity index (χ0v) is 19.0. The van der Waals surface area contributed by atoms with E-state index in [1.165, 1.54) is 28.1 Å². The van der Waals surface area contributed by atoms with E-state index in [9.17, 15) is 14.7 Å². The van der Waals surface area contributed by atoms with Crippen LogP contribution in [0, 0.1) is 5.92 Å². The van der Waals surface area contributed by atoms with E-state index < -0.39 is 11.9 Å².